The molecule has 0 fully saturated rings. The molecule has 1 rings (SSSR count). The van der Waals surface area contributed by atoms with Crippen LogP contribution in [0.4, 0.5) is 0 Å². The van der Waals surface area contributed by atoms with E-state index in [9.17, 15) is 0 Å². The fourth-order valence-corrected chi connectivity index (χ4v) is 3.32. The van der Waals surface area contributed by atoms with E-state index in [1.165, 1.54) is 0 Å². The van der Waals surface area contributed by atoms with Crippen molar-refractivity contribution in [3.8, 4) is 5.75 Å². The average molecular weight is 423 g/mol. The van der Waals surface area contributed by atoms with E-state index in [4.69, 9.17) is 9.47 Å². The Labute approximate surface area is 145 Å². The van der Waals surface area contributed by atoms with Crippen LogP contribution in [0.2, 0.25) is 0 Å². The van der Waals surface area contributed by atoms with Gasteiger partial charge in [-0.15, -0.1) is 0 Å². The van der Waals surface area contributed by atoms with Crippen molar-refractivity contribution in [3.05, 3.63) is 26.6 Å². The van der Waals surface area contributed by atoms with Crippen molar-refractivity contribution in [2.45, 2.75) is 33.7 Å². The Morgan fingerprint density at radius 3 is 2.67 bits per heavy atom. The molecule has 21 heavy (non-hydrogen) atoms. The minimum atomic E-state index is 0.603. The van der Waals surface area contributed by atoms with Crippen molar-refractivity contribution in [1.82, 2.24) is 5.32 Å². The Balaban J connectivity index is 2.37. The molecule has 0 atom stereocenters. The van der Waals surface area contributed by atoms with Gasteiger partial charge in [-0.2, -0.15) is 0 Å². The summed E-state index contributed by atoms with van der Waals surface area (Å²) in [4.78, 5) is 0. The third-order valence-corrected chi connectivity index (χ3v) is 3.83. The highest BCUT2D eigenvalue weighted by atomic mass is 79.9. The zero-order valence-electron chi connectivity index (χ0n) is 13.0. The highest BCUT2D eigenvalue weighted by Gasteiger charge is 2.09. The van der Waals surface area contributed by atoms with Crippen molar-refractivity contribution in [2.24, 2.45) is 5.92 Å². The van der Waals surface area contributed by atoms with Gasteiger partial charge in [0, 0.05) is 29.8 Å². The molecule has 0 aliphatic carbocycles. The van der Waals surface area contributed by atoms with Gasteiger partial charge in [-0.25, -0.2) is 0 Å². The number of hydrogen-bond acceptors (Lipinski definition) is 3. The summed E-state index contributed by atoms with van der Waals surface area (Å²) in [6.07, 6.45) is 1.02. The van der Waals surface area contributed by atoms with E-state index >= 15 is 0 Å². The topological polar surface area (TPSA) is 30.5 Å². The van der Waals surface area contributed by atoms with Gasteiger partial charge in [0.1, 0.15) is 5.75 Å². The molecule has 0 aromatic heterocycles. The van der Waals surface area contributed by atoms with Crippen molar-refractivity contribution in [2.75, 3.05) is 26.4 Å². The molecule has 0 spiro atoms. The standard InChI is InChI=1S/C16H25Br2NO2/c1-4-21-16-13(8-14(17)9-15(16)18)10-19-6-5-7-20-11-12(2)3/h8-9,12,19H,4-7,10-11H2,1-3H3. The quantitative estimate of drug-likeness (QED) is 0.551. The molecule has 0 bridgehead atoms. The van der Waals surface area contributed by atoms with Crippen LogP contribution in [-0.2, 0) is 11.3 Å². The fourth-order valence-electron chi connectivity index (χ4n) is 1.89. The maximum atomic E-state index is 5.71. The second-order valence-corrected chi connectivity index (χ2v) is 7.08. The van der Waals surface area contributed by atoms with Crippen molar-refractivity contribution in [1.29, 1.82) is 0 Å². The smallest absolute Gasteiger partial charge is 0.138 e. The minimum Gasteiger partial charge on any atom is -0.492 e. The predicted octanol–water partition coefficient (Wildman–Crippen LogP) is 4.76. The predicted molar refractivity (Wildman–Crippen MR) is 95.0 cm³/mol. The van der Waals surface area contributed by atoms with Gasteiger partial charge in [-0.1, -0.05) is 29.8 Å². The second-order valence-electron chi connectivity index (χ2n) is 5.31. The summed E-state index contributed by atoms with van der Waals surface area (Å²) in [6, 6.07) is 4.10. The second kappa shape index (κ2) is 10.6. The van der Waals surface area contributed by atoms with Crippen LogP contribution in [-0.4, -0.2) is 26.4 Å². The van der Waals surface area contributed by atoms with E-state index in [0.717, 1.165) is 53.0 Å². The normalized spacial score (nSPS) is 11.1. The highest BCUT2D eigenvalue weighted by molar-refractivity contribution is 9.11. The van der Waals surface area contributed by atoms with Gasteiger partial charge < -0.3 is 14.8 Å². The SMILES string of the molecule is CCOc1c(Br)cc(Br)cc1CNCCCOCC(C)C. The molecule has 0 saturated carbocycles. The zero-order valence-corrected chi connectivity index (χ0v) is 16.2. The fraction of sp³-hybridized carbons (Fsp3) is 0.625. The van der Waals surface area contributed by atoms with Gasteiger partial charge in [0.2, 0.25) is 0 Å². The maximum Gasteiger partial charge on any atom is 0.138 e. The van der Waals surface area contributed by atoms with Crippen LogP contribution in [0.3, 0.4) is 0 Å². The van der Waals surface area contributed by atoms with Gasteiger partial charge >= 0.3 is 0 Å². The first kappa shape index (κ1) is 18.9. The number of benzene rings is 1. The molecular weight excluding hydrogens is 398 g/mol. The average Bonchev–Trinajstić information content (AvgIpc) is 2.41. The molecular formula is C16H25Br2NO2. The van der Waals surface area contributed by atoms with E-state index in [1.807, 2.05) is 13.0 Å². The first-order chi connectivity index (χ1) is 10.0. The summed E-state index contributed by atoms with van der Waals surface area (Å²) >= 11 is 7.07. The Morgan fingerprint density at radius 2 is 2.00 bits per heavy atom. The number of ether oxygens (including phenoxy) is 2. The van der Waals surface area contributed by atoms with E-state index in [2.05, 4.69) is 57.1 Å². The highest BCUT2D eigenvalue weighted by Crippen LogP contribution is 2.32. The molecule has 0 aliphatic heterocycles. The minimum absolute atomic E-state index is 0.603. The van der Waals surface area contributed by atoms with Gasteiger partial charge in [0.15, 0.2) is 0 Å². The number of rotatable bonds is 10. The van der Waals surface area contributed by atoms with Crippen LogP contribution in [0.1, 0.15) is 32.8 Å². The Morgan fingerprint density at radius 1 is 1.24 bits per heavy atom. The Hall–Kier alpha value is -0.100. The third kappa shape index (κ3) is 7.63. The zero-order chi connectivity index (χ0) is 15.7. The van der Waals surface area contributed by atoms with Gasteiger partial charge in [0.25, 0.3) is 0 Å². The summed E-state index contributed by atoms with van der Waals surface area (Å²) in [5.74, 6) is 1.52. The lowest BCUT2D eigenvalue weighted by atomic mass is 10.2. The van der Waals surface area contributed by atoms with Crippen LogP contribution in [0.15, 0.2) is 21.1 Å². The molecule has 1 N–H and O–H groups in total. The van der Waals surface area contributed by atoms with Gasteiger partial charge in [-0.05, 0) is 53.9 Å². The van der Waals surface area contributed by atoms with Crippen LogP contribution in [0.5, 0.6) is 5.75 Å². The molecule has 3 nitrogen and oxygen atoms in total. The lowest BCUT2D eigenvalue weighted by Crippen LogP contribution is -2.17. The molecule has 0 unspecified atom stereocenters. The Kier molecular flexibility index (Phi) is 9.56. The van der Waals surface area contributed by atoms with Gasteiger partial charge in [0.05, 0.1) is 11.1 Å². The molecule has 120 valence electrons. The summed E-state index contributed by atoms with van der Waals surface area (Å²) in [5, 5.41) is 3.44. The summed E-state index contributed by atoms with van der Waals surface area (Å²) in [5.41, 5.74) is 1.15. The molecule has 0 saturated heterocycles. The van der Waals surface area contributed by atoms with Crippen molar-refractivity contribution < 1.29 is 9.47 Å². The Bertz CT molecular complexity index is 425. The maximum absolute atomic E-state index is 5.71. The number of nitrogens with one attached hydrogen (secondary N) is 1. The largest absolute Gasteiger partial charge is 0.492 e. The summed E-state index contributed by atoms with van der Waals surface area (Å²) in [7, 11) is 0. The molecule has 1 aromatic carbocycles. The van der Waals surface area contributed by atoms with Crippen LogP contribution >= 0.6 is 31.9 Å². The number of hydrogen-bond donors (Lipinski definition) is 1. The van der Waals surface area contributed by atoms with Crippen molar-refractivity contribution >= 4 is 31.9 Å². The summed E-state index contributed by atoms with van der Waals surface area (Å²) in [6.45, 7) is 10.4. The van der Waals surface area contributed by atoms with Crippen molar-refractivity contribution in [3.63, 3.8) is 0 Å². The van der Waals surface area contributed by atoms with E-state index in [1.54, 1.807) is 0 Å². The van der Waals surface area contributed by atoms with E-state index in [-0.39, 0.29) is 0 Å². The molecule has 0 heterocycles. The number of halogens is 2. The lowest BCUT2D eigenvalue weighted by molar-refractivity contribution is 0.108. The molecule has 0 amide bonds. The van der Waals surface area contributed by atoms with E-state index in [0.29, 0.717) is 12.5 Å². The monoisotopic (exact) mass is 421 g/mol. The van der Waals surface area contributed by atoms with E-state index < -0.39 is 0 Å². The molecule has 5 heteroatoms. The molecule has 0 aliphatic rings. The lowest BCUT2D eigenvalue weighted by Gasteiger charge is -2.14. The van der Waals surface area contributed by atoms with Crippen LogP contribution in [0, 0.1) is 5.92 Å². The first-order valence-electron chi connectivity index (χ1n) is 7.43. The van der Waals surface area contributed by atoms with Crippen LogP contribution in [0.25, 0.3) is 0 Å². The molecule has 0 radical (unpaired) electrons. The third-order valence-electron chi connectivity index (χ3n) is 2.78. The van der Waals surface area contributed by atoms with Gasteiger partial charge in [-0.3, -0.25) is 0 Å². The first-order valence-corrected chi connectivity index (χ1v) is 9.02. The van der Waals surface area contributed by atoms with Crippen LogP contribution < -0.4 is 10.1 Å². The molecule has 1 aromatic rings. The summed E-state index contributed by atoms with van der Waals surface area (Å²) < 4.78 is 13.3.